The summed E-state index contributed by atoms with van der Waals surface area (Å²) in [6.45, 7) is 10.0. The van der Waals surface area contributed by atoms with Crippen LogP contribution in [0.5, 0.6) is 0 Å². The number of nitrogens with one attached hydrogen (secondary N) is 1. The average molecular weight is 281 g/mol. The summed E-state index contributed by atoms with van der Waals surface area (Å²) < 4.78 is 0. The maximum atomic E-state index is 4.63. The van der Waals surface area contributed by atoms with E-state index in [4.69, 9.17) is 0 Å². The normalized spacial score (nSPS) is 17.2. The van der Waals surface area contributed by atoms with Gasteiger partial charge in [-0.3, -0.25) is 0 Å². The van der Waals surface area contributed by atoms with Gasteiger partial charge in [0.15, 0.2) is 5.13 Å². The largest absolute Gasteiger partial charge is 0.348 e. The molecule has 1 atom stereocenters. The summed E-state index contributed by atoms with van der Waals surface area (Å²) in [5, 5.41) is 4.74. The molecule has 1 unspecified atom stereocenters. The predicted octanol–water partition coefficient (Wildman–Crippen LogP) is 3.83. The van der Waals surface area contributed by atoms with Crippen molar-refractivity contribution in [2.24, 2.45) is 5.92 Å². The lowest BCUT2D eigenvalue weighted by Gasteiger charge is -2.31. The SMILES string of the molecule is CCCNC(C)c1cnc(N(CC)CC2CCC2)s1. The molecule has 2 rings (SSSR count). The van der Waals surface area contributed by atoms with Crippen LogP contribution in [0, 0.1) is 5.92 Å². The highest BCUT2D eigenvalue weighted by molar-refractivity contribution is 7.15. The summed E-state index contributed by atoms with van der Waals surface area (Å²) in [5.74, 6) is 0.905. The van der Waals surface area contributed by atoms with E-state index in [0.717, 1.165) is 19.0 Å². The van der Waals surface area contributed by atoms with Crippen LogP contribution < -0.4 is 10.2 Å². The number of nitrogens with zero attached hydrogens (tertiary/aromatic N) is 2. The molecule has 1 heterocycles. The van der Waals surface area contributed by atoms with Gasteiger partial charge in [0, 0.05) is 30.2 Å². The number of hydrogen-bond donors (Lipinski definition) is 1. The van der Waals surface area contributed by atoms with Gasteiger partial charge in [-0.25, -0.2) is 4.98 Å². The smallest absolute Gasteiger partial charge is 0.185 e. The van der Waals surface area contributed by atoms with Crippen molar-refractivity contribution in [1.82, 2.24) is 10.3 Å². The fourth-order valence-electron chi connectivity index (χ4n) is 2.41. The molecule has 0 saturated heterocycles. The van der Waals surface area contributed by atoms with E-state index in [2.05, 4.69) is 42.2 Å². The highest BCUT2D eigenvalue weighted by Gasteiger charge is 2.22. The molecule has 0 aliphatic heterocycles. The van der Waals surface area contributed by atoms with Crippen LogP contribution in [0.25, 0.3) is 0 Å². The fourth-order valence-corrected chi connectivity index (χ4v) is 3.43. The molecule has 108 valence electrons. The third-order valence-corrected chi connectivity index (χ3v) is 5.24. The van der Waals surface area contributed by atoms with Crippen LogP contribution >= 0.6 is 11.3 Å². The topological polar surface area (TPSA) is 28.2 Å². The average Bonchev–Trinajstić information content (AvgIpc) is 2.84. The maximum Gasteiger partial charge on any atom is 0.185 e. The van der Waals surface area contributed by atoms with Crippen LogP contribution in [0.4, 0.5) is 5.13 Å². The summed E-state index contributed by atoms with van der Waals surface area (Å²) >= 11 is 1.85. The predicted molar refractivity (Wildman–Crippen MR) is 84.1 cm³/mol. The molecule has 3 nitrogen and oxygen atoms in total. The molecule has 1 N–H and O–H groups in total. The molecule has 0 bridgehead atoms. The third-order valence-electron chi connectivity index (χ3n) is 3.99. The molecule has 1 fully saturated rings. The Morgan fingerprint density at radius 3 is 2.84 bits per heavy atom. The Balaban J connectivity index is 1.93. The lowest BCUT2D eigenvalue weighted by molar-refractivity contribution is 0.318. The molecule has 19 heavy (non-hydrogen) atoms. The minimum absolute atomic E-state index is 0.425. The van der Waals surface area contributed by atoms with E-state index in [1.807, 2.05) is 11.3 Å². The molecular formula is C15H27N3S. The van der Waals surface area contributed by atoms with Gasteiger partial charge in [0.1, 0.15) is 0 Å². The third kappa shape index (κ3) is 3.93. The minimum atomic E-state index is 0.425. The summed E-state index contributed by atoms with van der Waals surface area (Å²) in [6, 6.07) is 0.425. The molecule has 1 aliphatic rings. The highest BCUT2D eigenvalue weighted by atomic mass is 32.1. The number of aromatic nitrogens is 1. The second-order valence-electron chi connectivity index (χ2n) is 5.56. The summed E-state index contributed by atoms with van der Waals surface area (Å²) in [5.41, 5.74) is 0. The van der Waals surface area contributed by atoms with Crippen molar-refractivity contribution in [1.29, 1.82) is 0 Å². The zero-order valence-electron chi connectivity index (χ0n) is 12.5. The zero-order chi connectivity index (χ0) is 13.7. The zero-order valence-corrected chi connectivity index (χ0v) is 13.3. The van der Waals surface area contributed by atoms with E-state index in [1.54, 1.807) is 0 Å². The van der Waals surface area contributed by atoms with Crippen molar-refractivity contribution in [2.45, 2.75) is 52.5 Å². The first kappa shape index (κ1) is 14.8. The maximum absolute atomic E-state index is 4.63. The molecule has 4 heteroatoms. The van der Waals surface area contributed by atoms with Crippen LogP contribution in [-0.4, -0.2) is 24.6 Å². The second kappa shape index (κ2) is 7.25. The van der Waals surface area contributed by atoms with Gasteiger partial charge in [0.05, 0.1) is 0 Å². The lowest BCUT2D eigenvalue weighted by atomic mass is 9.85. The Hall–Kier alpha value is -0.610. The van der Waals surface area contributed by atoms with E-state index < -0.39 is 0 Å². The van der Waals surface area contributed by atoms with Gasteiger partial charge in [-0.15, -0.1) is 11.3 Å². The van der Waals surface area contributed by atoms with Crippen molar-refractivity contribution in [3.8, 4) is 0 Å². The molecular weight excluding hydrogens is 254 g/mol. The van der Waals surface area contributed by atoms with Gasteiger partial charge in [-0.1, -0.05) is 13.3 Å². The van der Waals surface area contributed by atoms with Gasteiger partial charge in [0.2, 0.25) is 0 Å². The Morgan fingerprint density at radius 2 is 2.26 bits per heavy atom. The Kier molecular flexibility index (Phi) is 5.64. The van der Waals surface area contributed by atoms with E-state index in [0.29, 0.717) is 6.04 Å². The van der Waals surface area contributed by atoms with Gasteiger partial charge in [-0.05, 0) is 45.6 Å². The highest BCUT2D eigenvalue weighted by Crippen LogP contribution is 2.31. The van der Waals surface area contributed by atoms with E-state index in [9.17, 15) is 0 Å². The summed E-state index contributed by atoms with van der Waals surface area (Å²) in [7, 11) is 0. The first-order chi connectivity index (χ1) is 9.24. The first-order valence-electron chi connectivity index (χ1n) is 7.68. The standard InChI is InChI=1S/C15H27N3S/c1-4-9-16-12(3)14-10-17-15(19-14)18(5-2)11-13-7-6-8-13/h10,12-13,16H,4-9,11H2,1-3H3. The van der Waals surface area contributed by atoms with Crippen LogP contribution in [0.2, 0.25) is 0 Å². The Bertz CT molecular complexity index is 373. The van der Waals surface area contributed by atoms with Gasteiger partial charge >= 0.3 is 0 Å². The molecule has 0 spiro atoms. The van der Waals surface area contributed by atoms with Gasteiger partial charge < -0.3 is 10.2 Å². The van der Waals surface area contributed by atoms with E-state index in [1.165, 1.54) is 42.2 Å². The molecule has 0 radical (unpaired) electrons. The number of rotatable bonds is 8. The molecule has 1 aliphatic carbocycles. The summed E-state index contributed by atoms with van der Waals surface area (Å²) in [6.07, 6.45) is 7.46. The Morgan fingerprint density at radius 1 is 1.47 bits per heavy atom. The van der Waals surface area contributed by atoms with Gasteiger partial charge in [-0.2, -0.15) is 0 Å². The molecule has 0 aromatic carbocycles. The number of thiazole rings is 1. The molecule has 0 amide bonds. The first-order valence-corrected chi connectivity index (χ1v) is 8.50. The number of anilines is 1. The van der Waals surface area contributed by atoms with Crippen LogP contribution in [-0.2, 0) is 0 Å². The molecule has 1 saturated carbocycles. The van der Waals surface area contributed by atoms with E-state index in [-0.39, 0.29) is 0 Å². The number of hydrogen-bond acceptors (Lipinski definition) is 4. The lowest BCUT2D eigenvalue weighted by Crippen LogP contribution is -2.32. The van der Waals surface area contributed by atoms with Crippen molar-refractivity contribution < 1.29 is 0 Å². The van der Waals surface area contributed by atoms with Crippen LogP contribution in [0.3, 0.4) is 0 Å². The Labute approximate surface area is 121 Å². The quantitative estimate of drug-likeness (QED) is 0.785. The van der Waals surface area contributed by atoms with Crippen LogP contribution in [0.1, 0.15) is 57.4 Å². The van der Waals surface area contributed by atoms with Crippen molar-refractivity contribution >= 4 is 16.5 Å². The van der Waals surface area contributed by atoms with E-state index >= 15 is 0 Å². The molecule has 1 aromatic rings. The minimum Gasteiger partial charge on any atom is -0.348 e. The fraction of sp³-hybridized carbons (Fsp3) is 0.800. The van der Waals surface area contributed by atoms with Crippen molar-refractivity contribution in [3.63, 3.8) is 0 Å². The monoisotopic (exact) mass is 281 g/mol. The summed E-state index contributed by atoms with van der Waals surface area (Å²) in [4.78, 5) is 8.44. The van der Waals surface area contributed by atoms with Crippen molar-refractivity contribution in [3.05, 3.63) is 11.1 Å². The molecule has 1 aromatic heterocycles. The van der Waals surface area contributed by atoms with Gasteiger partial charge in [0.25, 0.3) is 0 Å². The van der Waals surface area contributed by atoms with Crippen molar-refractivity contribution in [2.75, 3.05) is 24.5 Å². The van der Waals surface area contributed by atoms with Crippen LogP contribution in [0.15, 0.2) is 6.20 Å². The second-order valence-corrected chi connectivity index (χ2v) is 6.60.